The summed E-state index contributed by atoms with van der Waals surface area (Å²) in [7, 11) is 1.64. The normalized spacial score (nSPS) is 18.1. The van der Waals surface area contributed by atoms with Gasteiger partial charge in [0, 0.05) is 37.3 Å². The van der Waals surface area contributed by atoms with Gasteiger partial charge in [0.2, 0.25) is 0 Å². The standard InChI is InChI=1S/C27H32N4O4/c1-4-35-21-10-9-20(17-22(21)33-3)26-23-24(19-7-5-18(2)6-8-19)28-29-25(23)27(32)31(26)12-11-30-13-15-34-16-14-30/h5-10,17,26H,4,11-16H2,1-3H3,(H,28,29). The Labute approximate surface area is 205 Å². The largest absolute Gasteiger partial charge is 0.493 e. The molecule has 0 spiro atoms. The van der Waals surface area contributed by atoms with E-state index in [1.165, 1.54) is 5.56 Å². The van der Waals surface area contributed by atoms with E-state index in [9.17, 15) is 4.79 Å². The van der Waals surface area contributed by atoms with Gasteiger partial charge in [-0.3, -0.25) is 14.8 Å². The minimum atomic E-state index is -0.279. The minimum absolute atomic E-state index is 0.0306. The number of aryl methyl sites for hydroxylation is 1. The number of fused-ring (bicyclic) bond motifs is 1. The molecule has 1 aromatic heterocycles. The van der Waals surface area contributed by atoms with Crippen LogP contribution in [0.3, 0.4) is 0 Å². The second-order valence-electron chi connectivity index (χ2n) is 8.93. The molecule has 0 aliphatic carbocycles. The quantitative estimate of drug-likeness (QED) is 0.534. The van der Waals surface area contributed by atoms with Crippen LogP contribution in [0.5, 0.6) is 11.5 Å². The number of nitrogens with one attached hydrogen (secondary N) is 1. The van der Waals surface area contributed by atoms with E-state index in [1.54, 1.807) is 7.11 Å². The van der Waals surface area contributed by atoms with Crippen LogP contribution in [0.25, 0.3) is 11.3 Å². The SMILES string of the molecule is CCOc1ccc(C2c3c(-c4ccc(C)cc4)n[nH]c3C(=O)N2CCN2CCOCC2)cc1OC. The zero-order valence-electron chi connectivity index (χ0n) is 20.5. The molecule has 35 heavy (non-hydrogen) atoms. The molecule has 0 radical (unpaired) electrons. The Bertz CT molecular complexity index is 1180. The number of hydrogen-bond acceptors (Lipinski definition) is 6. The van der Waals surface area contributed by atoms with Gasteiger partial charge in [0.15, 0.2) is 11.5 Å². The molecule has 1 fully saturated rings. The Kier molecular flexibility index (Phi) is 6.74. The van der Waals surface area contributed by atoms with Crippen molar-refractivity contribution in [1.29, 1.82) is 0 Å². The van der Waals surface area contributed by atoms with Gasteiger partial charge in [-0.15, -0.1) is 0 Å². The van der Waals surface area contributed by atoms with E-state index in [0.717, 1.165) is 55.2 Å². The average molecular weight is 477 g/mol. The maximum Gasteiger partial charge on any atom is 0.273 e. The van der Waals surface area contributed by atoms with Gasteiger partial charge in [-0.25, -0.2) is 0 Å². The highest BCUT2D eigenvalue weighted by molar-refractivity contribution is 6.00. The van der Waals surface area contributed by atoms with E-state index >= 15 is 0 Å². The number of rotatable bonds is 8. The number of aromatic amines is 1. The third-order valence-electron chi connectivity index (χ3n) is 6.75. The lowest BCUT2D eigenvalue weighted by atomic mass is 9.95. The first-order valence-corrected chi connectivity index (χ1v) is 12.2. The number of ether oxygens (including phenoxy) is 3. The van der Waals surface area contributed by atoms with Crippen molar-refractivity contribution < 1.29 is 19.0 Å². The van der Waals surface area contributed by atoms with Crippen molar-refractivity contribution in [3.8, 4) is 22.8 Å². The van der Waals surface area contributed by atoms with Crippen molar-refractivity contribution in [2.45, 2.75) is 19.9 Å². The van der Waals surface area contributed by atoms with Crippen LogP contribution in [0.1, 0.15) is 40.1 Å². The molecular formula is C27H32N4O4. The van der Waals surface area contributed by atoms with Crippen molar-refractivity contribution in [2.75, 3.05) is 53.1 Å². The van der Waals surface area contributed by atoms with Gasteiger partial charge in [0.05, 0.1) is 38.7 Å². The lowest BCUT2D eigenvalue weighted by Crippen LogP contribution is -2.42. The van der Waals surface area contributed by atoms with E-state index in [1.807, 2.05) is 30.0 Å². The molecule has 184 valence electrons. The number of H-pyrrole nitrogens is 1. The summed E-state index contributed by atoms with van der Waals surface area (Å²) in [5.41, 5.74) is 5.40. The van der Waals surface area contributed by atoms with E-state index in [2.05, 4.69) is 46.3 Å². The van der Waals surface area contributed by atoms with E-state index in [4.69, 9.17) is 14.2 Å². The third-order valence-corrected chi connectivity index (χ3v) is 6.75. The first kappa shape index (κ1) is 23.4. The van der Waals surface area contributed by atoms with Crippen molar-refractivity contribution in [3.05, 3.63) is 64.8 Å². The van der Waals surface area contributed by atoms with Gasteiger partial charge in [0.25, 0.3) is 5.91 Å². The number of carbonyl (C=O) groups excluding carboxylic acids is 1. The van der Waals surface area contributed by atoms with Crippen LogP contribution in [0.15, 0.2) is 42.5 Å². The fourth-order valence-electron chi connectivity index (χ4n) is 4.91. The number of carbonyl (C=O) groups is 1. The molecule has 2 aliphatic rings. The Hall–Kier alpha value is -3.36. The van der Waals surface area contributed by atoms with Crippen LogP contribution in [0.2, 0.25) is 0 Å². The Balaban J connectivity index is 1.55. The van der Waals surface area contributed by atoms with Crippen LogP contribution in [-0.4, -0.2) is 79.0 Å². The maximum atomic E-state index is 13.6. The molecule has 5 rings (SSSR count). The summed E-state index contributed by atoms with van der Waals surface area (Å²) in [6, 6.07) is 13.9. The number of nitrogens with zero attached hydrogens (tertiary/aromatic N) is 3. The minimum Gasteiger partial charge on any atom is -0.493 e. The predicted octanol–water partition coefficient (Wildman–Crippen LogP) is 3.67. The number of benzene rings is 2. The van der Waals surface area contributed by atoms with E-state index < -0.39 is 0 Å². The van der Waals surface area contributed by atoms with Crippen LogP contribution in [0, 0.1) is 6.92 Å². The summed E-state index contributed by atoms with van der Waals surface area (Å²) in [4.78, 5) is 17.9. The zero-order chi connectivity index (χ0) is 24.4. The molecule has 8 heteroatoms. The highest BCUT2D eigenvalue weighted by Crippen LogP contribution is 2.44. The fraction of sp³-hybridized carbons (Fsp3) is 0.407. The van der Waals surface area contributed by atoms with Crippen molar-refractivity contribution in [2.24, 2.45) is 0 Å². The van der Waals surface area contributed by atoms with E-state index in [0.29, 0.717) is 30.3 Å². The molecule has 3 aromatic rings. The van der Waals surface area contributed by atoms with Gasteiger partial charge in [-0.2, -0.15) is 5.10 Å². The van der Waals surface area contributed by atoms with Gasteiger partial charge in [0.1, 0.15) is 5.69 Å². The summed E-state index contributed by atoms with van der Waals surface area (Å²) >= 11 is 0. The Morgan fingerprint density at radius 2 is 1.86 bits per heavy atom. The Morgan fingerprint density at radius 3 is 2.57 bits per heavy atom. The molecule has 1 N–H and O–H groups in total. The van der Waals surface area contributed by atoms with Crippen LogP contribution in [-0.2, 0) is 4.74 Å². The number of hydrogen-bond donors (Lipinski definition) is 1. The van der Waals surface area contributed by atoms with Crippen molar-refractivity contribution in [1.82, 2.24) is 20.0 Å². The van der Waals surface area contributed by atoms with Crippen LogP contribution in [0.4, 0.5) is 0 Å². The lowest BCUT2D eigenvalue weighted by molar-refractivity contribution is 0.0316. The van der Waals surface area contributed by atoms with Gasteiger partial charge >= 0.3 is 0 Å². The summed E-state index contributed by atoms with van der Waals surface area (Å²) in [5.74, 6) is 1.31. The highest BCUT2D eigenvalue weighted by atomic mass is 16.5. The van der Waals surface area contributed by atoms with Gasteiger partial charge < -0.3 is 19.1 Å². The molecule has 2 aliphatic heterocycles. The second kappa shape index (κ2) is 10.1. The predicted molar refractivity (Wildman–Crippen MR) is 133 cm³/mol. The molecule has 2 aromatic carbocycles. The third kappa shape index (κ3) is 4.51. The van der Waals surface area contributed by atoms with Gasteiger partial charge in [-0.1, -0.05) is 35.9 Å². The van der Waals surface area contributed by atoms with Crippen LogP contribution >= 0.6 is 0 Å². The summed E-state index contributed by atoms with van der Waals surface area (Å²) in [6.07, 6.45) is 0. The maximum absolute atomic E-state index is 13.6. The number of amides is 1. The van der Waals surface area contributed by atoms with Gasteiger partial charge in [-0.05, 0) is 31.5 Å². The monoisotopic (exact) mass is 476 g/mol. The molecule has 1 atom stereocenters. The number of methoxy groups -OCH3 is 1. The number of aromatic nitrogens is 2. The smallest absolute Gasteiger partial charge is 0.273 e. The van der Waals surface area contributed by atoms with Crippen LogP contribution < -0.4 is 9.47 Å². The number of morpholine rings is 1. The molecule has 8 nitrogen and oxygen atoms in total. The first-order chi connectivity index (χ1) is 17.1. The molecule has 1 amide bonds. The fourth-order valence-corrected chi connectivity index (χ4v) is 4.91. The molecule has 0 saturated carbocycles. The Morgan fingerprint density at radius 1 is 1.09 bits per heavy atom. The summed E-state index contributed by atoms with van der Waals surface area (Å²) < 4.78 is 16.9. The molecular weight excluding hydrogens is 444 g/mol. The molecule has 3 heterocycles. The van der Waals surface area contributed by atoms with Crippen molar-refractivity contribution >= 4 is 5.91 Å². The lowest BCUT2D eigenvalue weighted by Gasteiger charge is -2.31. The van der Waals surface area contributed by atoms with E-state index in [-0.39, 0.29) is 11.9 Å². The highest BCUT2D eigenvalue weighted by Gasteiger charge is 2.42. The van der Waals surface area contributed by atoms with Crippen molar-refractivity contribution in [3.63, 3.8) is 0 Å². The zero-order valence-corrected chi connectivity index (χ0v) is 20.5. The summed E-state index contributed by atoms with van der Waals surface area (Å²) in [5, 5.41) is 7.63. The summed E-state index contributed by atoms with van der Waals surface area (Å²) in [6.45, 7) is 9.17. The molecule has 1 unspecified atom stereocenters. The first-order valence-electron chi connectivity index (χ1n) is 12.2. The molecule has 0 bridgehead atoms. The second-order valence-corrected chi connectivity index (χ2v) is 8.93. The topological polar surface area (TPSA) is 79.9 Å². The average Bonchev–Trinajstić information content (AvgIpc) is 3.43. The molecule has 1 saturated heterocycles.